The molecule has 1 aromatic heterocycles. The van der Waals surface area contributed by atoms with Crippen LogP contribution in [0.1, 0.15) is 23.4 Å². The number of benzene rings is 2. The van der Waals surface area contributed by atoms with E-state index in [9.17, 15) is 9.59 Å². The summed E-state index contributed by atoms with van der Waals surface area (Å²) in [5.41, 5.74) is 4.56. The van der Waals surface area contributed by atoms with Crippen LogP contribution in [-0.4, -0.2) is 53.2 Å². The Morgan fingerprint density at radius 3 is 2.69 bits per heavy atom. The first-order valence-electron chi connectivity index (χ1n) is 11.0. The van der Waals surface area contributed by atoms with Gasteiger partial charge in [0.2, 0.25) is 5.91 Å². The fourth-order valence-electron chi connectivity index (χ4n) is 4.26. The Morgan fingerprint density at radius 1 is 1.12 bits per heavy atom. The Balaban J connectivity index is 1.42. The Kier molecular flexibility index (Phi) is 5.59. The third-order valence-corrected chi connectivity index (χ3v) is 6.02. The maximum Gasteiger partial charge on any atom is 0.261 e. The van der Waals surface area contributed by atoms with Crippen molar-refractivity contribution in [3.63, 3.8) is 0 Å². The van der Waals surface area contributed by atoms with Crippen LogP contribution in [0.2, 0.25) is 0 Å². The molecule has 0 unspecified atom stereocenters. The number of carbonyl (C=O) groups excluding carboxylic acids is 1. The van der Waals surface area contributed by atoms with E-state index in [0.717, 1.165) is 30.6 Å². The summed E-state index contributed by atoms with van der Waals surface area (Å²) in [5, 5.41) is 3.51. The molecule has 1 N–H and O–H groups in total. The third kappa shape index (κ3) is 4.22. The first kappa shape index (κ1) is 20.6. The summed E-state index contributed by atoms with van der Waals surface area (Å²) in [6.07, 6.45) is 2.88. The number of nitrogens with zero attached hydrogens (tertiary/aromatic N) is 3. The molecule has 1 saturated heterocycles. The number of rotatable bonds is 4. The normalized spacial score (nSPS) is 17.6. The van der Waals surface area contributed by atoms with Gasteiger partial charge in [0.05, 0.1) is 30.7 Å². The van der Waals surface area contributed by atoms with Crippen molar-refractivity contribution in [2.75, 3.05) is 38.2 Å². The summed E-state index contributed by atoms with van der Waals surface area (Å²) in [5.74, 6) is 0.629. The van der Waals surface area contributed by atoms with Crippen LogP contribution in [0.15, 0.2) is 47.3 Å². The van der Waals surface area contributed by atoms with E-state index in [1.54, 1.807) is 22.8 Å². The highest BCUT2D eigenvalue weighted by Crippen LogP contribution is 2.28. The van der Waals surface area contributed by atoms with Crippen molar-refractivity contribution < 1.29 is 9.53 Å². The van der Waals surface area contributed by atoms with Crippen LogP contribution in [0.4, 0.5) is 5.69 Å². The summed E-state index contributed by atoms with van der Waals surface area (Å²) < 4.78 is 7.08. The summed E-state index contributed by atoms with van der Waals surface area (Å²) in [6.45, 7) is 5.84. The number of aryl methyl sites for hydroxylation is 1. The number of allylic oxidation sites excluding steroid dienone is 1. The molecule has 2 aliphatic heterocycles. The molecule has 0 radical (unpaired) electrons. The van der Waals surface area contributed by atoms with E-state index in [-0.39, 0.29) is 11.5 Å². The second kappa shape index (κ2) is 8.68. The van der Waals surface area contributed by atoms with E-state index < -0.39 is 0 Å². The average molecular weight is 431 g/mol. The molecule has 7 heteroatoms. The second-order valence-corrected chi connectivity index (χ2v) is 8.39. The number of anilines is 1. The minimum atomic E-state index is -0.0795. The van der Waals surface area contributed by atoms with Crippen molar-refractivity contribution in [2.24, 2.45) is 0 Å². The maximum atomic E-state index is 13.0. The highest BCUT2D eigenvalue weighted by molar-refractivity contribution is 5.95. The fraction of sp³-hybridized carbons (Fsp3) is 0.320. The lowest BCUT2D eigenvalue weighted by molar-refractivity contribution is -0.118. The van der Waals surface area contributed by atoms with Crippen LogP contribution < -0.4 is 10.9 Å². The highest BCUT2D eigenvalue weighted by atomic mass is 16.5. The number of nitrogens with one attached hydrogen (secondary N) is 1. The van der Waals surface area contributed by atoms with Gasteiger partial charge in [-0.15, -0.1) is 0 Å². The zero-order valence-corrected chi connectivity index (χ0v) is 18.1. The lowest BCUT2D eigenvalue weighted by atomic mass is 10.1. The number of fused-ring (bicyclic) bond motifs is 2. The van der Waals surface area contributed by atoms with E-state index >= 15 is 0 Å². The van der Waals surface area contributed by atoms with Crippen LogP contribution in [-0.2, 0) is 16.1 Å². The standard InChI is InChI=1S/C25H26N4O3/c1-17-2-4-18(5-3-17)14-19-8-9-29-24(19)27-22-15-20(6-7-21(22)25(29)31)26-23(30)16-28-10-12-32-13-11-28/h2-7,14-15H,8-13,16H2,1H3,(H,26,30). The zero-order chi connectivity index (χ0) is 22.1. The van der Waals surface area contributed by atoms with Crippen molar-refractivity contribution in [3.8, 4) is 0 Å². The number of aromatic nitrogens is 2. The van der Waals surface area contributed by atoms with Gasteiger partial charge in [0.1, 0.15) is 5.82 Å². The molecule has 0 aliphatic carbocycles. The largest absolute Gasteiger partial charge is 0.379 e. The van der Waals surface area contributed by atoms with Gasteiger partial charge >= 0.3 is 0 Å². The van der Waals surface area contributed by atoms with Gasteiger partial charge in [0.25, 0.3) is 5.56 Å². The van der Waals surface area contributed by atoms with Crippen molar-refractivity contribution in [1.29, 1.82) is 0 Å². The van der Waals surface area contributed by atoms with Gasteiger partial charge in [-0.2, -0.15) is 0 Å². The first-order valence-corrected chi connectivity index (χ1v) is 11.0. The van der Waals surface area contributed by atoms with Gasteiger partial charge < -0.3 is 10.1 Å². The predicted molar refractivity (Wildman–Crippen MR) is 126 cm³/mol. The third-order valence-electron chi connectivity index (χ3n) is 6.02. The number of ether oxygens (including phenoxy) is 1. The van der Waals surface area contributed by atoms with Crippen LogP contribution in [0, 0.1) is 6.92 Å². The molecule has 1 amide bonds. The molecule has 3 heterocycles. The summed E-state index contributed by atoms with van der Waals surface area (Å²) in [4.78, 5) is 32.4. The van der Waals surface area contributed by atoms with Crippen LogP contribution in [0.3, 0.4) is 0 Å². The minimum absolute atomic E-state index is 0.0384. The first-order chi connectivity index (χ1) is 15.6. The highest BCUT2D eigenvalue weighted by Gasteiger charge is 2.21. The molecule has 2 aromatic carbocycles. The molecule has 0 saturated carbocycles. The number of hydrogen-bond donors (Lipinski definition) is 1. The van der Waals surface area contributed by atoms with Crippen LogP contribution in [0.5, 0.6) is 0 Å². The molecule has 5 rings (SSSR count). The summed E-state index contributed by atoms with van der Waals surface area (Å²) in [7, 11) is 0. The van der Waals surface area contributed by atoms with E-state index in [4.69, 9.17) is 9.72 Å². The molecule has 3 aromatic rings. The summed E-state index contributed by atoms with van der Waals surface area (Å²) in [6, 6.07) is 13.6. The van der Waals surface area contributed by atoms with Gasteiger partial charge in [-0.25, -0.2) is 4.98 Å². The molecule has 32 heavy (non-hydrogen) atoms. The molecule has 0 bridgehead atoms. The van der Waals surface area contributed by atoms with E-state index in [1.165, 1.54) is 5.56 Å². The van der Waals surface area contributed by atoms with E-state index in [2.05, 4.69) is 47.5 Å². The molecule has 0 spiro atoms. The van der Waals surface area contributed by atoms with Crippen molar-refractivity contribution in [1.82, 2.24) is 14.5 Å². The molecule has 0 atom stereocenters. The predicted octanol–water partition coefficient (Wildman–Crippen LogP) is 2.92. The Morgan fingerprint density at radius 2 is 1.91 bits per heavy atom. The Labute approximate surface area is 186 Å². The number of morpholine rings is 1. The van der Waals surface area contributed by atoms with Crippen LogP contribution >= 0.6 is 0 Å². The minimum Gasteiger partial charge on any atom is -0.379 e. The number of amides is 1. The van der Waals surface area contributed by atoms with Gasteiger partial charge in [-0.1, -0.05) is 29.8 Å². The van der Waals surface area contributed by atoms with Gasteiger partial charge in [0, 0.05) is 25.3 Å². The lowest BCUT2D eigenvalue weighted by Crippen LogP contribution is -2.41. The second-order valence-electron chi connectivity index (χ2n) is 8.39. The molecule has 1 fully saturated rings. The van der Waals surface area contributed by atoms with E-state index in [1.807, 2.05) is 0 Å². The number of hydrogen-bond acceptors (Lipinski definition) is 5. The smallest absolute Gasteiger partial charge is 0.261 e. The van der Waals surface area contributed by atoms with Gasteiger partial charge in [-0.05, 0) is 48.8 Å². The molecule has 164 valence electrons. The monoisotopic (exact) mass is 430 g/mol. The zero-order valence-electron chi connectivity index (χ0n) is 18.1. The van der Waals surface area contributed by atoms with Crippen molar-refractivity contribution in [3.05, 3.63) is 69.8 Å². The molecular weight excluding hydrogens is 404 g/mol. The molecule has 7 nitrogen and oxygen atoms in total. The SMILES string of the molecule is Cc1ccc(C=C2CCn3c2nc2cc(NC(=O)CN4CCOCC4)ccc2c3=O)cc1. The van der Waals surface area contributed by atoms with E-state index in [0.29, 0.717) is 48.7 Å². The Hall–Kier alpha value is -3.29. The van der Waals surface area contributed by atoms with Gasteiger partial charge in [0.15, 0.2) is 0 Å². The molecule has 2 aliphatic rings. The summed E-state index contributed by atoms with van der Waals surface area (Å²) >= 11 is 0. The van der Waals surface area contributed by atoms with Crippen molar-refractivity contribution in [2.45, 2.75) is 19.9 Å². The topological polar surface area (TPSA) is 76.5 Å². The van der Waals surface area contributed by atoms with Gasteiger partial charge in [-0.3, -0.25) is 19.1 Å². The quantitative estimate of drug-likeness (QED) is 0.689. The number of carbonyl (C=O) groups is 1. The average Bonchev–Trinajstić information content (AvgIpc) is 3.18. The van der Waals surface area contributed by atoms with Crippen molar-refractivity contribution >= 4 is 34.1 Å². The molecular formula is C25H26N4O3. The van der Waals surface area contributed by atoms with Crippen LogP contribution in [0.25, 0.3) is 22.6 Å². The maximum absolute atomic E-state index is 13.0. The Bertz CT molecular complexity index is 1250. The lowest BCUT2D eigenvalue weighted by Gasteiger charge is -2.25. The fourth-order valence-corrected chi connectivity index (χ4v) is 4.26.